The molecule has 0 aromatic carbocycles. The Hall–Kier alpha value is -1.09. The molecule has 60 valence electrons. The summed E-state index contributed by atoms with van der Waals surface area (Å²) in [5.74, 6) is -1.74. The van der Waals surface area contributed by atoms with Crippen LogP contribution in [-0.4, -0.2) is 11.9 Å². The summed E-state index contributed by atoms with van der Waals surface area (Å²) in [6.07, 6.45) is 0. The van der Waals surface area contributed by atoms with Crippen molar-refractivity contribution in [2.45, 2.75) is 6.92 Å². The topological polar surface area (TPSA) is 43.4 Å². The Bertz CT molecular complexity index is 206. The van der Waals surface area contributed by atoms with Crippen molar-refractivity contribution in [3.8, 4) is 0 Å². The third-order valence-electron chi connectivity index (χ3n) is 0.755. The first kappa shape index (κ1) is 9.91. The number of rotatable bonds is 2. The molecule has 0 aliphatic rings. The second-order valence-electron chi connectivity index (χ2n) is 1.86. The molecule has 4 heteroatoms. The van der Waals surface area contributed by atoms with Gasteiger partial charge in [0.05, 0.1) is 0 Å². The van der Waals surface area contributed by atoms with Gasteiger partial charge >= 0.3 is 11.9 Å². The summed E-state index contributed by atoms with van der Waals surface area (Å²) in [5.41, 5.74) is 0.135. The van der Waals surface area contributed by atoms with E-state index in [9.17, 15) is 9.59 Å². The van der Waals surface area contributed by atoms with Crippen LogP contribution in [0.25, 0.3) is 0 Å². The highest BCUT2D eigenvalue weighted by molar-refractivity contribution is 6.41. The van der Waals surface area contributed by atoms with Crippen LogP contribution < -0.4 is 0 Å². The Balaban J connectivity index is 4.07. The van der Waals surface area contributed by atoms with Crippen LogP contribution >= 0.6 is 11.6 Å². The number of halogens is 1. The van der Waals surface area contributed by atoms with Crippen molar-refractivity contribution in [3.05, 3.63) is 23.8 Å². The van der Waals surface area contributed by atoms with E-state index in [4.69, 9.17) is 11.6 Å². The standard InChI is InChI=1S/C7H7ClO3/c1-4(2)6(9)11-7(10)5(3)8/h1,3H2,2H3. The Kier molecular flexibility index (Phi) is 3.54. The molecule has 0 aliphatic carbocycles. The van der Waals surface area contributed by atoms with Crippen molar-refractivity contribution in [1.29, 1.82) is 0 Å². The van der Waals surface area contributed by atoms with Crippen molar-refractivity contribution < 1.29 is 14.3 Å². The molecule has 0 aromatic heterocycles. The van der Waals surface area contributed by atoms with Gasteiger partial charge in [-0.25, -0.2) is 9.59 Å². The highest BCUT2D eigenvalue weighted by atomic mass is 35.5. The molecular formula is C7H7ClO3. The number of hydrogen-bond donors (Lipinski definition) is 0. The zero-order chi connectivity index (χ0) is 9.02. The average Bonchev–Trinajstić information content (AvgIpc) is 1.87. The minimum Gasteiger partial charge on any atom is -0.385 e. The fourth-order valence-electron chi connectivity index (χ4n) is 0.227. The van der Waals surface area contributed by atoms with Crippen LogP contribution in [0, 0.1) is 0 Å². The van der Waals surface area contributed by atoms with Crippen LogP contribution in [0.4, 0.5) is 0 Å². The molecule has 0 heterocycles. The third-order valence-corrected chi connectivity index (χ3v) is 0.910. The van der Waals surface area contributed by atoms with Gasteiger partial charge in [0.25, 0.3) is 0 Å². The maximum absolute atomic E-state index is 10.6. The second kappa shape index (κ2) is 3.93. The molecule has 0 saturated heterocycles. The third kappa shape index (κ3) is 3.57. The molecule has 0 unspecified atom stereocenters. The Morgan fingerprint density at radius 3 is 2.00 bits per heavy atom. The number of carbonyl (C=O) groups excluding carboxylic acids is 2. The highest BCUT2D eigenvalue weighted by Crippen LogP contribution is 2.02. The van der Waals surface area contributed by atoms with E-state index < -0.39 is 11.9 Å². The monoisotopic (exact) mass is 174 g/mol. The molecule has 0 rings (SSSR count). The lowest BCUT2D eigenvalue weighted by Crippen LogP contribution is -2.11. The lowest BCUT2D eigenvalue weighted by Gasteiger charge is -1.98. The Morgan fingerprint density at radius 1 is 1.27 bits per heavy atom. The van der Waals surface area contributed by atoms with E-state index in [1.54, 1.807) is 0 Å². The van der Waals surface area contributed by atoms with E-state index in [0.717, 1.165) is 0 Å². The van der Waals surface area contributed by atoms with E-state index in [-0.39, 0.29) is 10.6 Å². The van der Waals surface area contributed by atoms with Crippen LogP contribution in [0.15, 0.2) is 23.8 Å². The molecule has 0 atom stereocenters. The van der Waals surface area contributed by atoms with Gasteiger partial charge in [-0.1, -0.05) is 24.8 Å². The van der Waals surface area contributed by atoms with Gasteiger partial charge in [0.15, 0.2) is 0 Å². The minimum absolute atomic E-state index is 0.135. The van der Waals surface area contributed by atoms with Gasteiger partial charge in [-0.2, -0.15) is 0 Å². The van der Waals surface area contributed by atoms with E-state index in [0.29, 0.717) is 0 Å². The highest BCUT2D eigenvalue weighted by Gasteiger charge is 2.11. The molecule has 0 aliphatic heterocycles. The van der Waals surface area contributed by atoms with Crippen molar-refractivity contribution in [2.75, 3.05) is 0 Å². The number of ether oxygens (including phenoxy) is 1. The van der Waals surface area contributed by atoms with Gasteiger partial charge in [-0.05, 0) is 6.92 Å². The molecule has 0 bridgehead atoms. The smallest absolute Gasteiger partial charge is 0.357 e. The van der Waals surface area contributed by atoms with Gasteiger partial charge in [-0.15, -0.1) is 0 Å². The lowest BCUT2D eigenvalue weighted by molar-refractivity contribution is -0.153. The van der Waals surface area contributed by atoms with Crippen molar-refractivity contribution in [2.24, 2.45) is 0 Å². The normalized spacial score (nSPS) is 8.55. The molecule has 3 nitrogen and oxygen atoms in total. The first-order valence-corrected chi connectivity index (χ1v) is 3.09. The van der Waals surface area contributed by atoms with Gasteiger partial charge in [-0.3, -0.25) is 0 Å². The Morgan fingerprint density at radius 2 is 1.73 bits per heavy atom. The van der Waals surface area contributed by atoms with Gasteiger partial charge in [0, 0.05) is 5.57 Å². The molecule has 0 saturated carbocycles. The quantitative estimate of drug-likeness (QED) is 0.361. The molecule has 11 heavy (non-hydrogen) atoms. The van der Waals surface area contributed by atoms with Crippen LogP contribution in [-0.2, 0) is 14.3 Å². The Labute approximate surface area is 69.3 Å². The van der Waals surface area contributed by atoms with Crippen LogP contribution in [0.5, 0.6) is 0 Å². The fraction of sp³-hybridized carbons (Fsp3) is 0.143. The molecule has 0 aromatic rings. The second-order valence-corrected chi connectivity index (χ2v) is 2.32. The van der Waals surface area contributed by atoms with Crippen LogP contribution in [0.3, 0.4) is 0 Å². The molecule has 0 N–H and O–H groups in total. The van der Waals surface area contributed by atoms with Gasteiger partial charge in [0.1, 0.15) is 5.03 Å². The van der Waals surface area contributed by atoms with Crippen LogP contribution in [0.2, 0.25) is 0 Å². The fourth-order valence-corrected chi connectivity index (χ4v) is 0.265. The molecule has 0 spiro atoms. The first-order valence-electron chi connectivity index (χ1n) is 2.71. The maximum Gasteiger partial charge on any atom is 0.357 e. The molecule has 0 fully saturated rings. The lowest BCUT2D eigenvalue weighted by atomic mass is 10.4. The summed E-state index contributed by atoms with van der Waals surface area (Å²) >= 11 is 5.13. The molecule has 0 amide bonds. The van der Waals surface area contributed by atoms with Crippen molar-refractivity contribution in [1.82, 2.24) is 0 Å². The predicted molar refractivity (Wildman–Crippen MR) is 40.9 cm³/mol. The first-order chi connectivity index (χ1) is 4.95. The summed E-state index contributed by atoms with van der Waals surface area (Å²) in [4.78, 5) is 21.2. The molecular weight excluding hydrogens is 168 g/mol. The molecule has 0 radical (unpaired) electrons. The van der Waals surface area contributed by atoms with Gasteiger partial charge in [0.2, 0.25) is 0 Å². The zero-order valence-electron chi connectivity index (χ0n) is 6.02. The maximum atomic E-state index is 10.6. The SMILES string of the molecule is C=C(C)C(=O)OC(=O)C(=C)Cl. The summed E-state index contributed by atoms with van der Waals surface area (Å²) in [5, 5.41) is -0.334. The number of carbonyl (C=O) groups is 2. The summed E-state index contributed by atoms with van der Waals surface area (Å²) in [6.45, 7) is 7.77. The summed E-state index contributed by atoms with van der Waals surface area (Å²) < 4.78 is 4.16. The summed E-state index contributed by atoms with van der Waals surface area (Å²) in [6, 6.07) is 0. The van der Waals surface area contributed by atoms with Gasteiger partial charge < -0.3 is 4.74 Å². The zero-order valence-corrected chi connectivity index (χ0v) is 6.77. The van der Waals surface area contributed by atoms with Crippen molar-refractivity contribution in [3.63, 3.8) is 0 Å². The summed E-state index contributed by atoms with van der Waals surface area (Å²) in [7, 11) is 0. The van der Waals surface area contributed by atoms with E-state index >= 15 is 0 Å². The van der Waals surface area contributed by atoms with E-state index in [1.165, 1.54) is 6.92 Å². The van der Waals surface area contributed by atoms with Crippen LogP contribution in [0.1, 0.15) is 6.92 Å². The van der Waals surface area contributed by atoms with E-state index in [2.05, 4.69) is 17.9 Å². The van der Waals surface area contributed by atoms with Crippen molar-refractivity contribution >= 4 is 23.5 Å². The minimum atomic E-state index is -0.945. The predicted octanol–water partition coefficient (Wildman–Crippen LogP) is 1.38. The average molecular weight is 175 g/mol. The largest absolute Gasteiger partial charge is 0.385 e. The van der Waals surface area contributed by atoms with E-state index in [1.807, 2.05) is 0 Å². The number of esters is 2. The number of hydrogen-bond acceptors (Lipinski definition) is 3.